The number of aromatic hydroxyl groups is 2. The Hall–Kier alpha value is -1.59. The van der Waals surface area contributed by atoms with E-state index < -0.39 is 6.10 Å². The molecule has 0 saturated carbocycles. The van der Waals surface area contributed by atoms with Crippen LogP contribution in [0.15, 0.2) is 0 Å². The Bertz CT molecular complexity index is 655. The number of carbonyl (C=O) groups excluding carboxylic acids is 2. The number of aldehydes is 1. The molecule has 0 bridgehead atoms. The highest BCUT2D eigenvalue weighted by Crippen LogP contribution is 2.40. The lowest BCUT2D eigenvalue weighted by molar-refractivity contribution is -0.123. The molecule has 0 aliphatic carbocycles. The molecule has 0 aliphatic rings. The van der Waals surface area contributed by atoms with Crippen molar-refractivity contribution in [1.29, 1.82) is 0 Å². The van der Waals surface area contributed by atoms with E-state index >= 15 is 0 Å². The maximum atomic E-state index is 11.6. The summed E-state index contributed by atoms with van der Waals surface area (Å²) in [4.78, 5) is 22.7. The third-order valence-corrected chi connectivity index (χ3v) is 5.39. The van der Waals surface area contributed by atoms with E-state index in [0.717, 1.165) is 32.1 Å². The molecule has 1 aromatic rings. The largest absolute Gasteiger partial charge is 0.507 e. The van der Waals surface area contributed by atoms with Gasteiger partial charge in [0.05, 0.1) is 16.7 Å². The fourth-order valence-corrected chi connectivity index (χ4v) is 3.26. The molecular weight excluding hydrogens is 368 g/mol. The van der Waals surface area contributed by atoms with E-state index in [0.29, 0.717) is 30.3 Å². The molecule has 0 fully saturated rings. The highest BCUT2D eigenvalue weighted by molar-refractivity contribution is 6.33. The van der Waals surface area contributed by atoms with Crippen LogP contribution >= 0.6 is 11.6 Å². The van der Waals surface area contributed by atoms with Gasteiger partial charge in [0.1, 0.15) is 17.3 Å². The maximum Gasteiger partial charge on any atom is 0.154 e. The predicted molar refractivity (Wildman–Crippen MR) is 107 cm³/mol. The Labute approximate surface area is 166 Å². The van der Waals surface area contributed by atoms with Crippen LogP contribution in [-0.2, 0) is 11.2 Å². The van der Waals surface area contributed by atoms with Crippen LogP contribution in [0.25, 0.3) is 0 Å². The first kappa shape index (κ1) is 23.4. The quantitative estimate of drug-likeness (QED) is 0.349. The minimum atomic E-state index is -0.565. The second-order valence-electron chi connectivity index (χ2n) is 7.43. The van der Waals surface area contributed by atoms with Crippen molar-refractivity contribution in [2.45, 2.75) is 78.2 Å². The Morgan fingerprint density at radius 3 is 2.26 bits per heavy atom. The fraction of sp³-hybridized carbons (Fsp3) is 0.619. The summed E-state index contributed by atoms with van der Waals surface area (Å²) in [5.41, 5.74) is 0.813. The number of hydrogen-bond donors (Lipinski definition) is 3. The number of Topliss-reactive ketones (excluding diaryl/α,β-unsaturated/α-hetero) is 1. The normalized spacial score (nSPS) is 12.4. The highest BCUT2D eigenvalue weighted by atomic mass is 35.5. The summed E-state index contributed by atoms with van der Waals surface area (Å²) in [7, 11) is 0. The van der Waals surface area contributed by atoms with Gasteiger partial charge in [-0.3, -0.25) is 9.59 Å². The van der Waals surface area contributed by atoms with Gasteiger partial charge in [-0.2, -0.15) is 0 Å². The Balaban J connectivity index is 2.36. The lowest BCUT2D eigenvalue weighted by Gasteiger charge is -2.14. The summed E-state index contributed by atoms with van der Waals surface area (Å²) >= 11 is 6.04. The van der Waals surface area contributed by atoms with Crippen molar-refractivity contribution < 1.29 is 24.9 Å². The number of aliphatic hydroxyl groups is 1. The second-order valence-corrected chi connectivity index (χ2v) is 7.81. The fourth-order valence-electron chi connectivity index (χ4n) is 3.04. The zero-order valence-electron chi connectivity index (χ0n) is 16.4. The van der Waals surface area contributed by atoms with E-state index in [1.54, 1.807) is 6.92 Å². The highest BCUT2D eigenvalue weighted by Gasteiger charge is 2.19. The van der Waals surface area contributed by atoms with Gasteiger partial charge in [0.15, 0.2) is 6.29 Å². The van der Waals surface area contributed by atoms with Crippen LogP contribution in [0.4, 0.5) is 0 Å². The van der Waals surface area contributed by atoms with Crippen molar-refractivity contribution in [2.75, 3.05) is 0 Å². The molecule has 3 N–H and O–H groups in total. The van der Waals surface area contributed by atoms with Gasteiger partial charge < -0.3 is 15.3 Å². The van der Waals surface area contributed by atoms with Gasteiger partial charge in [-0.1, -0.05) is 51.1 Å². The summed E-state index contributed by atoms with van der Waals surface area (Å²) in [5, 5.41) is 30.3. The third kappa shape index (κ3) is 6.82. The maximum absolute atomic E-state index is 11.6. The molecule has 0 spiro atoms. The summed E-state index contributed by atoms with van der Waals surface area (Å²) < 4.78 is 0. The molecule has 0 radical (unpaired) electrons. The van der Waals surface area contributed by atoms with E-state index in [9.17, 15) is 24.9 Å². The monoisotopic (exact) mass is 398 g/mol. The third-order valence-electron chi connectivity index (χ3n) is 4.93. The van der Waals surface area contributed by atoms with Crippen molar-refractivity contribution in [3.63, 3.8) is 0 Å². The first-order chi connectivity index (χ1) is 12.7. The number of hydrogen-bond acceptors (Lipinski definition) is 5. The van der Waals surface area contributed by atoms with Crippen molar-refractivity contribution in [1.82, 2.24) is 0 Å². The Morgan fingerprint density at radius 1 is 1.07 bits per heavy atom. The molecule has 1 unspecified atom stereocenters. The van der Waals surface area contributed by atoms with Crippen LogP contribution in [0.1, 0.15) is 80.3 Å². The van der Waals surface area contributed by atoms with Gasteiger partial charge in [0.2, 0.25) is 0 Å². The number of phenolic OH excluding ortho intramolecular Hbond substituents is 2. The van der Waals surface area contributed by atoms with E-state index in [1.165, 1.54) is 0 Å². The van der Waals surface area contributed by atoms with Gasteiger partial charge in [-0.05, 0) is 31.7 Å². The van der Waals surface area contributed by atoms with Crippen LogP contribution in [0.5, 0.6) is 11.5 Å². The van der Waals surface area contributed by atoms with Crippen LogP contribution in [0.3, 0.4) is 0 Å². The van der Waals surface area contributed by atoms with Crippen molar-refractivity contribution in [2.24, 2.45) is 5.92 Å². The molecule has 0 saturated heterocycles. The molecule has 27 heavy (non-hydrogen) atoms. The molecule has 0 heterocycles. The lowest BCUT2D eigenvalue weighted by Crippen LogP contribution is -2.17. The predicted octanol–water partition coefficient (Wildman–Crippen LogP) is 4.73. The van der Waals surface area contributed by atoms with Crippen molar-refractivity contribution in [3.05, 3.63) is 21.7 Å². The van der Waals surface area contributed by atoms with Gasteiger partial charge in [0.25, 0.3) is 0 Å². The van der Waals surface area contributed by atoms with Crippen LogP contribution in [0.2, 0.25) is 5.02 Å². The summed E-state index contributed by atoms with van der Waals surface area (Å²) in [6.45, 7) is 5.26. The van der Waals surface area contributed by atoms with Crippen LogP contribution in [-0.4, -0.2) is 33.5 Å². The molecule has 0 amide bonds. The molecule has 1 atom stereocenters. The molecule has 1 aromatic carbocycles. The van der Waals surface area contributed by atoms with Gasteiger partial charge in [0, 0.05) is 17.9 Å². The van der Waals surface area contributed by atoms with Gasteiger partial charge in [-0.25, -0.2) is 0 Å². The number of benzene rings is 1. The molecule has 5 nitrogen and oxygen atoms in total. The van der Waals surface area contributed by atoms with E-state index in [2.05, 4.69) is 0 Å². The van der Waals surface area contributed by atoms with Crippen molar-refractivity contribution >= 4 is 23.7 Å². The first-order valence-electron chi connectivity index (χ1n) is 9.59. The minimum absolute atomic E-state index is 0.0394. The standard InChI is InChI=1S/C21H31ClO5/c1-13(2)18(25)11-15(24)9-7-5-4-6-8-10-16-20(26)17(12-23)14(3)19(22)21(16)27/h12-13,15,24,26-27H,4-11H2,1-3H3. The van der Waals surface area contributed by atoms with E-state index in [4.69, 9.17) is 11.6 Å². The average Bonchev–Trinajstić information content (AvgIpc) is 2.61. The number of carbonyl (C=O) groups is 2. The SMILES string of the molecule is Cc1c(Cl)c(O)c(CCCCCCCC(O)CC(=O)C(C)C)c(O)c1C=O. The topological polar surface area (TPSA) is 94.8 Å². The van der Waals surface area contributed by atoms with Crippen LogP contribution < -0.4 is 0 Å². The Kier molecular flexibility index (Phi) is 9.81. The van der Waals surface area contributed by atoms with E-state index in [-0.39, 0.29) is 40.2 Å². The number of ketones is 1. The summed E-state index contributed by atoms with van der Waals surface area (Å²) in [5.74, 6) is -0.298. The number of aliphatic hydroxyl groups excluding tert-OH is 1. The second kappa shape index (κ2) is 11.3. The Morgan fingerprint density at radius 2 is 1.67 bits per heavy atom. The van der Waals surface area contributed by atoms with Crippen LogP contribution in [0, 0.1) is 12.8 Å². The zero-order chi connectivity index (χ0) is 20.6. The minimum Gasteiger partial charge on any atom is -0.507 e. The smallest absolute Gasteiger partial charge is 0.154 e. The number of rotatable bonds is 12. The lowest BCUT2D eigenvalue weighted by atomic mass is 9.97. The first-order valence-corrected chi connectivity index (χ1v) is 9.97. The molecular formula is C21H31ClO5. The summed E-state index contributed by atoms with van der Waals surface area (Å²) in [6, 6.07) is 0. The number of unbranched alkanes of at least 4 members (excludes halogenated alkanes) is 4. The molecule has 1 rings (SSSR count). The zero-order valence-corrected chi connectivity index (χ0v) is 17.2. The summed E-state index contributed by atoms with van der Waals surface area (Å²) in [6.07, 6.45) is 5.65. The molecule has 6 heteroatoms. The van der Waals surface area contributed by atoms with E-state index in [1.807, 2.05) is 13.8 Å². The molecule has 0 aromatic heterocycles. The van der Waals surface area contributed by atoms with Gasteiger partial charge >= 0.3 is 0 Å². The molecule has 152 valence electrons. The molecule has 0 aliphatic heterocycles. The number of phenols is 2. The average molecular weight is 399 g/mol. The van der Waals surface area contributed by atoms with Gasteiger partial charge in [-0.15, -0.1) is 0 Å². The number of halogens is 1. The van der Waals surface area contributed by atoms with Crippen molar-refractivity contribution in [3.8, 4) is 11.5 Å².